The summed E-state index contributed by atoms with van der Waals surface area (Å²) in [5.41, 5.74) is 0. The Labute approximate surface area is 125 Å². The quantitative estimate of drug-likeness (QED) is 0.662. The number of carbonyl (C=O) groups is 1. The first-order chi connectivity index (χ1) is 9.06. The van der Waals surface area contributed by atoms with Gasteiger partial charge in [0.25, 0.3) is 0 Å². The molecule has 118 valence electrons. The summed E-state index contributed by atoms with van der Waals surface area (Å²) in [4.78, 5) is 11.1. The highest BCUT2D eigenvalue weighted by Gasteiger charge is 2.33. The molecule has 2 saturated carbocycles. The van der Waals surface area contributed by atoms with Crippen LogP contribution in [0.1, 0.15) is 79.6 Å². The van der Waals surface area contributed by atoms with Gasteiger partial charge in [-0.05, 0) is 62.2 Å². The van der Waals surface area contributed by atoms with Crippen molar-refractivity contribution in [1.29, 1.82) is 0 Å². The van der Waals surface area contributed by atoms with E-state index in [-0.39, 0.29) is 19.5 Å². The molecule has 2 aliphatic rings. The van der Waals surface area contributed by atoms with E-state index in [1.54, 1.807) is 6.92 Å². The van der Waals surface area contributed by atoms with E-state index in [1.165, 1.54) is 44.9 Å². The minimum atomic E-state index is -0.101. The van der Waals surface area contributed by atoms with E-state index in [1.807, 2.05) is 0 Å². The molecule has 20 heavy (non-hydrogen) atoms. The molecular weight excluding hydrogens is 248 g/mol. The third kappa shape index (κ3) is 4.79. The molecule has 0 N–H and O–H groups in total. The van der Waals surface area contributed by atoms with Crippen molar-refractivity contribution >= 4 is 5.97 Å². The molecule has 2 aliphatic carbocycles. The molecule has 0 aromatic heterocycles. The molecule has 0 radical (unpaired) electrons. The van der Waals surface area contributed by atoms with Crippen molar-refractivity contribution in [3.8, 4) is 0 Å². The molecule has 0 heterocycles. The van der Waals surface area contributed by atoms with Crippen LogP contribution < -0.4 is 0 Å². The zero-order valence-corrected chi connectivity index (χ0v) is 12.9. The highest BCUT2D eigenvalue weighted by atomic mass is 16.5. The van der Waals surface area contributed by atoms with E-state index in [2.05, 4.69) is 13.8 Å². The van der Waals surface area contributed by atoms with Gasteiger partial charge in [0.2, 0.25) is 0 Å². The molecule has 2 heteroatoms. The fourth-order valence-corrected chi connectivity index (χ4v) is 4.17. The van der Waals surface area contributed by atoms with Gasteiger partial charge in [-0.3, -0.25) is 4.79 Å². The Balaban J connectivity index is 0.00000200. The normalized spacial score (nSPS) is 35.1. The predicted molar refractivity (Wildman–Crippen MR) is 84.5 cm³/mol. The van der Waals surface area contributed by atoms with E-state index < -0.39 is 0 Å². The van der Waals surface area contributed by atoms with Crippen LogP contribution in [0, 0.1) is 23.7 Å². The van der Waals surface area contributed by atoms with Crippen LogP contribution in [0.2, 0.25) is 0 Å². The van der Waals surface area contributed by atoms with Crippen molar-refractivity contribution in [2.24, 2.45) is 23.7 Å². The van der Waals surface area contributed by atoms with Crippen molar-refractivity contribution in [2.45, 2.75) is 85.7 Å². The number of esters is 1. The van der Waals surface area contributed by atoms with E-state index in [0.29, 0.717) is 5.92 Å². The third-order valence-corrected chi connectivity index (χ3v) is 5.45. The zero-order valence-electron chi connectivity index (χ0n) is 12.9. The highest BCUT2D eigenvalue weighted by molar-refractivity contribution is 5.66. The second-order valence-corrected chi connectivity index (χ2v) is 7.07. The summed E-state index contributed by atoms with van der Waals surface area (Å²) >= 11 is 0. The van der Waals surface area contributed by atoms with Crippen LogP contribution in [0.5, 0.6) is 0 Å². The summed E-state index contributed by atoms with van der Waals surface area (Å²) in [7, 11) is 0. The fraction of sp³-hybridized carbons (Fsp3) is 0.944. The van der Waals surface area contributed by atoms with E-state index >= 15 is 0 Å². The van der Waals surface area contributed by atoms with Crippen LogP contribution in [0.3, 0.4) is 0 Å². The Morgan fingerprint density at radius 3 is 2.40 bits per heavy atom. The maximum atomic E-state index is 11.1. The Morgan fingerprint density at radius 2 is 1.80 bits per heavy atom. The average Bonchev–Trinajstić information content (AvgIpc) is 2.76. The van der Waals surface area contributed by atoms with Crippen LogP contribution in [-0.4, -0.2) is 12.1 Å². The Kier molecular flexibility index (Phi) is 7.05. The standard InChI is InChI=1S/C17H30O2.CH4/c1-12-7-9-15(10-8-12)13(2)11-16-5-4-6-17(16)19-14(3)18;/h12-13,15-17H,4-11H2,1-3H3;1H4. The van der Waals surface area contributed by atoms with Crippen LogP contribution in [0.25, 0.3) is 0 Å². The number of rotatable bonds is 4. The van der Waals surface area contributed by atoms with Crippen molar-refractivity contribution in [3.63, 3.8) is 0 Å². The molecule has 0 amide bonds. The first-order valence-corrected chi connectivity index (χ1v) is 8.23. The molecule has 0 spiro atoms. The van der Waals surface area contributed by atoms with Crippen molar-refractivity contribution in [1.82, 2.24) is 0 Å². The van der Waals surface area contributed by atoms with Crippen LogP contribution in [0.4, 0.5) is 0 Å². The SMILES string of the molecule is C.CC(=O)OC1CCCC1CC(C)C1CCC(C)CC1. The molecule has 0 aliphatic heterocycles. The van der Waals surface area contributed by atoms with E-state index in [9.17, 15) is 4.79 Å². The van der Waals surface area contributed by atoms with Crippen LogP contribution in [0.15, 0.2) is 0 Å². The van der Waals surface area contributed by atoms with Crippen molar-refractivity contribution in [2.75, 3.05) is 0 Å². The van der Waals surface area contributed by atoms with Crippen LogP contribution >= 0.6 is 0 Å². The zero-order chi connectivity index (χ0) is 13.8. The Morgan fingerprint density at radius 1 is 1.15 bits per heavy atom. The first-order valence-electron chi connectivity index (χ1n) is 8.23. The summed E-state index contributed by atoms with van der Waals surface area (Å²) in [6.45, 7) is 6.35. The Hall–Kier alpha value is -0.530. The smallest absolute Gasteiger partial charge is 0.302 e. The highest BCUT2D eigenvalue weighted by Crippen LogP contribution is 2.39. The molecule has 0 aromatic rings. The van der Waals surface area contributed by atoms with Gasteiger partial charge in [-0.2, -0.15) is 0 Å². The molecule has 2 nitrogen and oxygen atoms in total. The number of ether oxygens (including phenoxy) is 1. The fourth-order valence-electron chi connectivity index (χ4n) is 4.17. The minimum absolute atomic E-state index is 0. The van der Waals surface area contributed by atoms with Gasteiger partial charge in [-0.1, -0.05) is 34.1 Å². The summed E-state index contributed by atoms with van der Waals surface area (Å²) in [6, 6.07) is 0. The molecule has 2 rings (SSSR count). The molecule has 0 saturated heterocycles. The van der Waals surface area contributed by atoms with Crippen LogP contribution in [-0.2, 0) is 9.53 Å². The van der Waals surface area contributed by atoms with E-state index in [4.69, 9.17) is 4.74 Å². The largest absolute Gasteiger partial charge is 0.462 e. The lowest BCUT2D eigenvalue weighted by atomic mass is 9.74. The lowest BCUT2D eigenvalue weighted by Crippen LogP contribution is -2.26. The summed E-state index contributed by atoms with van der Waals surface area (Å²) in [6.07, 6.45) is 10.7. The van der Waals surface area contributed by atoms with Gasteiger partial charge in [-0.15, -0.1) is 0 Å². The lowest BCUT2D eigenvalue weighted by molar-refractivity contribution is -0.148. The van der Waals surface area contributed by atoms with Gasteiger partial charge in [0.15, 0.2) is 0 Å². The average molecular weight is 282 g/mol. The second-order valence-electron chi connectivity index (χ2n) is 7.07. The summed E-state index contributed by atoms with van der Waals surface area (Å²) in [5.74, 6) is 3.17. The monoisotopic (exact) mass is 282 g/mol. The first kappa shape index (κ1) is 17.5. The number of carbonyl (C=O) groups excluding carboxylic acids is 1. The lowest BCUT2D eigenvalue weighted by Gasteiger charge is -2.33. The van der Waals surface area contributed by atoms with Gasteiger partial charge in [0.05, 0.1) is 0 Å². The second kappa shape index (κ2) is 8.05. The van der Waals surface area contributed by atoms with Crippen molar-refractivity contribution < 1.29 is 9.53 Å². The number of hydrogen-bond donors (Lipinski definition) is 0. The summed E-state index contributed by atoms with van der Waals surface area (Å²) in [5, 5.41) is 0. The summed E-state index contributed by atoms with van der Waals surface area (Å²) < 4.78 is 5.49. The third-order valence-electron chi connectivity index (χ3n) is 5.45. The molecule has 3 unspecified atom stereocenters. The van der Waals surface area contributed by atoms with Gasteiger partial charge in [0, 0.05) is 6.92 Å². The van der Waals surface area contributed by atoms with Gasteiger partial charge >= 0.3 is 5.97 Å². The van der Waals surface area contributed by atoms with E-state index in [0.717, 1.165) is 24.2 Å². The Bertz CT molecular complexity index is 292. The molecular formula is C18H34O2. The molecule has 0 aromatic carbocycles. The van der Waals surface area contributed by atoms with Gasteiger partial charge < -0.3 is 4.74 Å². The maximum Gasteiger partial charge on any atom is 0.302 e. The molecule has 2 fully saturated rings. The molecule has 3 atom stereocenters. The van der Waals surface area contributed by atoms with Gasteiger partial charge in [-0.25, -0.2) is 0 Å². The topological polar surface area (TPSA) is 26.3 Å². The molecule has 0 bridgehead atoms. The predicted octanol–water partition coefficient (Wildman–Crippen LogP) is 5.21. The minimum Gasteiger partial charge on any atom is -0.462 e. The number of hydrogen-bond acceptors (Lipinski definition) is 2. The van der Waals surface area contributed by atoms with Crippen molar-refractivity contribution in [3.05, 3.63) is 0 Å². The van der Waals surface area contributed by atoms with Gasteiger partial charge in [0.1, 0.15) is 6.10 Å². The maximum absolute atomic E-state index is 11.1.